The van der Waals surface area contributed by atoms with Gasteiger partial charge in [0.15, 0.2) is 5.76 Å². The zero-order chi connectivity index (χ0) is 17.3. The molecule has 1 heterocycles. The number of amides is 1. The van der Waals surface area contributed by atoms with E-state index >= 15 is 0 Å². The van der Waals surface area contributed by atoms with Gasteiger partial charge in [0.25, 0.3) is 5.91 Å². The maximum Gasteiger partial charge on any atom is 0.291 e. The molecule has 0 aliphatic heterocycles. The van der Waals surface area contributed by atoms with Crippen LogP contribution in [0.4, 0.5) is 5.69 Å². The number of benzene rings is 2. The Labute approximate surface area is 163 Å². The zero-order valence-electron chi connectivity index (χ0n) is 12.6. The number of aryl methyl sites for hydroxylation is 1. The van der Waals surface area contributed by atoms with Crippen molar-refractivity contribution in [1.82, 2.24) is 0 Å². The molecule has 122 valence electrons. The van der Waals surface area contributed by atoms with Crippen LogP contribution in [0.2, 0.25) is 10.0 Å². The third-order valence-electron chi connectivity index (χ3n) is 3.47. The highest BCUT2D eigenvalue weighted by Gasteiger charge is 2.14. The molecule has 0 unspecified atom stereocenters. The van der Waals surface area contributed by atoms with Gasteiger partial charge < -0.3 is 9.73 Å². The topological polar surface area (TPSA) is 42.2 Å². The van der Waals surface area contributed by atoms with Crippen molar-refractivity contribution in [2.45, 2.75) is 6.92 Å². The van der Waals surface area contributed by atoms with Gasteiger partial charge >= 0.3 is 0 Å². The van der Waals surface area contributed by atoms with Crippen LogP contribution in [-0.4, -0.2) is 5.91 Å². The van der Waals surface area contributed by atoms with E-state index in [1.165, 1.54) is 0 Å². The molecule has 0 saturated carbocycles. The van der Waals surface area contributed by atoms with Crippen molar-refractivity contribution in [3.05, 3.63) is 73.5 Å². The van der Waals surface area contributed by atoms with Crippen LogP contribution in [0.25, 0.3) is 11.3 Å². The quantitative estimate of drug-likeness (QED) is 0.448. The predicted molar refractivity (Wildman–Crippen MR) is 106 cm³/mol. The Hall–Kier alpha value is -1.50. The maximum absolute atomic E-state index is 12.4. The normalized spacial score (nSPS) is 10.7. The predicted octanol–water partition coefficient (Wildman–Crippen LogP) is 6.42. The van der Waals surface area contributed by atoms with Crippen LogP contribution < -0.4 is 5.32 Å². The summed E-state index contributed by atoms with van der Waals surface area (Å²) in [6.45, 7) is 1.95. The number of anilines is 1. The lowest BCUT2D eigenvalue weighted by Crippen LogP contribution is -2.11. The minimum absolute atomic E-state index is 0.231. The second-order valence-electron chi connectivity index (χ2n) is 5.21. The van der Waals surface area contributed by atoms with Crippen molar-refractivity contribution in [3.8, 4) is 11.3 Å². The summed E-state index contributed by atoms with van der Waals surface area (Å²) in [5, 5.41) is 3.76. The van der Waals surface area contributed by atoms with Crippen molar-refractivity contribution < 1.29 is 9.21 Å². The van der Waals surface area contributed by atoms with Gasteiger partial charge in [-0.25, -0.2) is 0 Å². The largest absolute Gasteiger partial charge is 0.451 e. The molecule has 0 aliphatic rings. The minimum Gasteiger partial charge on any atom is -0.451 e. The summed E-state index contributed by atoms with van der Waals surface area (Å²) in [4.78, 5) is 12.4. The highest BCUT2D eigenvalue weighted by atomic mass is 127. The Morgan fingerprint density at radius 2 is 1.83 bits per heavy atom. The summed E-state index contributed by atoms with van der Waals surface area (Å²) in [6, 6.07) is 14.4. The van der Waals surface area contributed by atoms with Crippen LogP contribution in [0.15, 0.2) is 52.9 Å². The number of nitrogens with one attached hydrogen (secondary N) is 1. The summed E-state index contributed by atoms with van der Waals surface area (Å²) in [5.41, 5.74) is 2.51. The number of hydrogen-bond acceptors (Lipinski definition) is 2. The fraction of sp³-hybridized carbons (Fsp3) is 0.0556. The van der Waals surface area contributed by atoms with Gasteiger partial charge in [-0.3, -0.25) is 4.79 Å². The van der Waals surface area contributed by atoms with Crippen LogP contribution in [0.1, 0.15) is 16.1 Å². The zero-order valence-corrected chi connectivity index (χ0v) is 16.2. The Morgan fingerprint density at radius 3 is 2.54 bits per heavy atom. The highest BCUT2D eigenvalue weighted by molar-refractivity contribution is 14.1. The Morgan fingerprint density at radius 1 is 1.04 bits per heavy atom. The van der Waals surface area contributed by atoms with Gasteiger partial charge in [0.05, 0.1) is 10.0 Å². The van der Waals surface area contributed by atoms with Crippen molar-refractivity contribution in [1.29, 1.82) is 0 Å². The molecule has 0 radical (unpaired) electrons. The number of rotatable bonds is 3. The molecule has 0 bridgehead atoms. The van der Waals surface area contributed by atoms with Crippen molar-refractivity contribution >= 4 is 57.4 Å². The van der Waals surface area contributed by atoms with Gasteiger partial charge in [0, 0.05) is 14.8 Å². The second-order valence-corrected chi connectivity index (χ2v) is 7.27. The molecule has 1 aromatic heterocycles. The number of halogens is 3. The van der Waals surface area contributed by atoms with Crippen molar-refractivity contribution in [2.24, 2.45) is 0 Å². The molecular formula is C18H12Cl2INO2. The molecule has 0 atom stereocenters. The summed E-state index contributed by atoms with van der Waals surface area (Å²) in [5.74, 6) is 0.484. The molecule has 3 rings (SSSR count). The van der Waals surface area contributed by atoms with E-state index in [1.54, 1.807) is 30.3 Å². The number of carbonyl (C=O) groups excluding carboxylic acids is 1. The first-order chi connectivity index (χ1) is 11.4. The first-order valence-corrected chi connectivity index (χ1v) is 8.90. The summed E-state index contributed by atoms with van der Waals surface area (Å²) < 4.78 is 6.76. The first-order valence-electron chi connectivity index (χ1n) is 7.07. The molecule has 2 aromatic carbocycles. The molecular weight excluding hydrogens is 460 g/mol. The Kier molecular flexibility index (Phi) is 5.18. The maximum atomic E-state index is 12.4. The van der Waals surface area contributed by atoms with Crippen molar-refractivity contribution in [3.63, 3.8) is 0 Å². The van der Waals surface area contributed by atoms with E-state index in [-0.39, 0.29) is 11.7 Å². The van der Waals surface area contributed by atoms with Crippen molar-refractivity contribution in [2.75, 3.05) is 5.32 Å². The van der Waals surface area contributed by atoms with E-state index in [4.69, 9.17) is 27.6 Å². The number of hydrogen-bond donors (Lipinski definition) is 1. The SMILES string of the molecule is Cc1cc(I)ccc1NC(=O)c1ccc(-c2ccc(Cl)c(Cl)c2)o1. The van der Waals surface area contributed by atoms with Crippen LogP contribution in [-0.2, 0) is 0 Å². The lowest BCUT2D eigenvalue weighted by atomic mass is 10.2. The lowest BCUT2D eigenvalue weighted by Gasteiger charge is -2.07. The van der Waals surface area contributed by atoms with Crippen LogP contribution >= 0.6 is 45.8 Å². The molecule has 24 heavy (non-hydrogen) atoms. The fourth-order valence-corrected chi connectivity index (χ4v) is 3.16. The molecule has 1 amide bonds. The first kappa shape index (κ1) is 17.3. The highest BCUT2D eigenvalue weighted by Crippen LogP contribution is 2.30. The van der Waals surface area contributed by atoms with Gasteiger partial charge in [0.1, 0.15) is 5.76 Å². The smallest absolute Gasteiger partial charge is 0.291 e. The third kappa shape index (κ3) is 3.77. The number of carbonyl (C=O) groups is 1. The molecule has 0 fully saturated rings. The Bertz CT molecular complexity index is 921. The van der Waals surface area contributed by atoms with E-state index < -0.39 is 0 Å². The molecule has 0 aliphatic carbocycles. The molecule has 3 nitrogen and oxygen atoms in total. The minimum atomic E-state index is -0.300. The molecule has 1 N–H and O–H groups in total. The van der Waals surface area contributed by atoms with Gasteiger partial charge in [0.2, 0.25) is 0 Å². The third-order valence-corrected chi connectivity index (χ3v) is 4.88. The summed E-state index contributed by atoms with van der Waals surface area (Å²) in [6.07, 6.45) is 0. The van der Waals surface area contributed by atoms with E-state index in [1.807, 2.05) is 25.1 Å². The van der Waals surface area contributed by atoms with E-state index in [9.17, 15) is 4.79 Å². The van der Waals surface area contributed by atoms with E-state index in [2.05, 4.69) is 27.9 Å². The van der Waals surface area contributed by atoms with E-state index in [0.29, 0.717) is 15.8 Å². The van der Waals surface area contributed by atoms with Crippen LogP contribution in [0.5, 0.6) is 0 Å². The number of furan rings is 1. The average Bonchev–Trinajstić information content (AvgIpc) is 3.03. The second kappa shape index (κ2) is 7.17. The molecule has 0 saturated heterocycles. The summed E-state index contributed by atoms with van der Waals surface area (Å²) >= 11 is 14.2. The fourth-order valence-electron chi connectivity index (χ4n) is 2.22. The van der Waals surface area contributed by atoms with Gasteiger partial charge in [-0.2, -0.15) is 0 Å². The standard InChI is InChI=1S/C18H12Cl2INO2/c1-10-8-12(21)3-5-15(10)22-18(23)17-7-6-16(24-17)11-2-4-13(19)14(20)9-11/h2-9H,1H3,(H,22,23). The van der Waals surface area contributed by atoms with Gasteiger partial charge in [-0.1, -0.05) is 23.2 Å². The van der Waals surface area contributed by atoms with Gasteiger partial charge in [-0.05, 0) is 83.6 Å². The lowest BCUT2D eigenvalue weighted by molar-refractivity contribution is 0.0997. The summed E-state index contributed by atoms with van der Waals surface area (Å²) in [7, 11) is 0. The van der Waals surface area contributed by atoms with Crippen LogP contribution in [0, 0.1) is 10.5 Å². The van der Waals surface area contributed by atoms with Gasteiger partial charge in [-0.15, -0.1) is 0 Å². The molecule has 0 spiro atoms. The van der Waals surface area contributed by atoms with E-state index in [0.717, 1.165) is 20.4 Å². The molecule has 3 aromatic rings. The average molecular weight is 472 g/mol. The Balaban J connectivity index is 1.82. The molecule has 6 heteroatoms. The monoisotopic (exact) mass is 471 g/mol. The van der Waals surface area contributed by atoms with Crippen LogP contribution in [0.3, 0.4) is 0 Å².